The minimum absolute atomic E-state index is 0.358. The molecule has 0 aromatic heterocycles. The van der Waals surface area contributed by atoms with Crippen LogP contribution >= 0.6 is 46.4 Å². The molecule has 0 unspecified atom stereocenters. The molecular weight excluding hydrogens is 314 g/mol. The molecule has 18 heavy (non-hydrogen) atoms. The zero-order valence-electron chi connectivity index (χ0n) is 9.09. The van der Waals surface area contributed by atoms with Crippen LogP contribution in [-0.4, -0.2) is 0 Å². The van der Waals surface area contributed by atoms with Gasteiger partial charge in [-0.05, 0) is 29.8 Å². The maximum atomic E-state index is 6.04. The van der Waals surface area contributed by atoms with E-state index in [1.165, 1.54) is 0 Å². The first-order valence-electron chi connectivity index (χ1n) is 5.07. The van der Waals surface area contributed by atoms with Crippen LogP contribution in [0, 0.1) is 0 Å². The van der Waals surface area contributed by atoms with Crippen molar-refractivity contribution in [3.05, 3.63) is 57.0 Å². The Kier molecular flexibility index (Phi) is 4.63. The number of halogens is 4. The van der Waals surface area contributed by atoms with Crippen molar-refractivity contribution in [1.82, 2.24) is 0 Å². The van der Waals surface area contributed by atoms with Gasteiger partial charge < -0.3 is 4.74 Å². The topological polar surface area (TPSA) is 9.23 Å². The van der Waals surface area contributed by atoms with Crippen molar-refractivity contribution in [2.45, 2.75) is 5.88 Å². The minimum atomic E-state index is 0.358. The molecule has 0 N–H and O–H groups in total. The highest BCUT2D eigenvalue weighted by Crippen LogP contribution is 2.33. The Morgan fingerprint density at radius 1 is 0.889 bits per heavy atom. The fraction of sp³-hybridized carbons (Fsp3) is 0.0769. The summed E-state index contributed by atoms with van der Waals surface area (Å²) in [7, 11) is 0. The quantitative estimate of drug-likeness (QED) is 0.613. The third kappa shape index (κ3) is 3.24. The summed E-state index contributed by atoms with van der Waals surface area (Å²) in [4.78, 5) is 0. The van der Waals surface area contributed by atoms with E-state index in [9.17, 15) is 0 Å². The predicted octanol–water partition coefficient (Wildman–Crippen LogP) is 6.18. The summed E-state index contributed by atoms with van der Waals surface area (Å²) in [6, 6.07) is 10.3. The number of ether oxygens (including phenoxy) is 1. The highest BCUT2D eigenvalue weighted by Gasteiger charge is 2.06. The van der Waals surface area contributed by atoms with E-state index in [1.54, 1.807) is 30.3 Å². The van der Waals surface area contributed by atoms with Crippen LogP contribution in [0.3, 0.4) is 0 Å². The molecular formula is C13H8Cl4O. The van der Waals surface area contributed by atoms with Crippen molar-refractivity contribution < 1.29 is 4.74 Å². The lowest BCUT2D eigenvalue weighted by molar-refractivity contribution is 0.483. The lowest BCUT2D eigenvalue weighted by Gasteiger charge is -2.09. The molecule has 0 aliphatic carbocycles. The molecule has 2 aromatic rings. The Hall–Kier alpha value is -0.600. The molecule has 0 aliphatic heterocycles. The fourth-order valence-corrected chi connectivity index (χ4v) is 2.24. The maximum absolute atomic E-state index is 6.04. The molecule has 2 rings (SSSR count). The van der Waals surface area contributed by atoms with Crippen molar-refractivity contribution >= 4 is 46.4 Å². The number of alkyl halides is 1. The lowest BCUT2D eigenvalue weighted by Crippen LogP contribution is -1.87. The molecule has 0 saturated carbocycles. The molecule has 0 saturated heterocycles. The summed E-state index contributed by atoms with van der Waals surface area (Å²) in [5.74, 6) is 1.42. The van der Waals surface area contributed by atoms with E-state index in [0.717, 1.165) is 5.56 Å². The first-order chi connectivity index (χ1) is 8.60. The monoisotopic (exact) mass is 320 g/mol. The van der Waals surface area contributed by atoms with Gasteiger partial charge >= 0.3 is 0 Å². The van der Waals surface area contributed by atoms with Gasteiger partial charge in [0.2, 0.25) is 0 Å². The fourth-order valence-electron chi connectivity index (χ4n) is 1.38. The van der Waals surface area contributed by atoms with Crippen LogP contribution in [0.1, 0.15) is 5.56 Å². The molecule has 94 valence electrons. The van der Waals surface area contributed by atoms with Gasteiger partial charge in [0.15, 0.2) is 0 Å². The Bertz CT molecular complexity index is 569. The number of hydrogen-bond donors (Lipinski definition) is 0. The van der Waals surface area contributed by atoms with Gasteiger partial charge in [-0.25, -0.2) is 0 Å². The Balaban J connectivity index is 2.28. The Morgan fingerprint density at radius 3 is 2.33 bits per heavy atom. The Morgan fingerprint density at radius 2 is 1.67 bits per heavy atom. The van der Waals surface area contributed by atoms with Crippen LogP contribution in [-0.2, 0) is 5.88 Å². The second-order valence-corrected chi connectivity index (χ2v) is 5.08. The van der Waals surface area contributed by atoms with Crippen LogP contribution in [0.5, 0.6) is 11.5 Å². The van der Waals surface area contributed by atoms with E-state index in [4.69, 9.17) is 51.1 Å². The van der Waals surface area contributed by atoms with Gasteiger partial charge in [0, 0.05) is 22.0 Å². The third-order valence-electron chi connectivity index (χ3n) is 2.29. The summed E-state index contributed by atoms with van der Waals surface area (Å²) in [5, 5.41) is 1.59. The van der Waals surface area contributed by atoms with Gasteiger partial charge in [0.1, 0.15) is 11.5 Å². The normalized spacial score (nSPS) is 10.4. The zero-order valence-corrected chi connectivity index (χ0v) is 12.1. The summed E-state index contributed by atoms with van der Waals surface area (Å²) < 4.78 is 5.63. The van der Waals surface area contributed by atoms with Crippen LogP contribution in [0.25, 0.3) is 0 Å². The van der Waals surface area contributed by atoms with Crippen LogP contribution in [0.4, 0.5) is 0 Å². The van der Waals surface area contributed by atoms with Gasteiger partial charge in [-0.3, -0.25) is 0 Å². The summed E-state index contributed by atoms with van der Waals surface area (Å²) >= 11 is 23.7. The van der Waals surface area contributed by atoms with Gasteiger partial charge in [0.05, 0.1) is 5.02 Å². The van der Waals surface area contributed by atoms with Crippen molar-refractivity contribution in [3.63, 3.8) is 0 Å². The van der Waals surface area contributed by atoms with Crippen molar-refractivity contribution in [2.75, 3.05) is 0 Å². The Labute approximate surface area is 125 Å². The van der Waals surface area contributed by atoms with Crippen LogP contribution < -0.4 is 4.74 Å². The van der Waals surface area contributed by atoms with Crippen molar-refractivity contribution in [2.24, 2.45) is 0 Å². The van der Waals surface area contributed by atoms with E-state index < -0.39 is 0 Å². The van der Waals surface area contributed by atoms with Gasteiger partial charge in [0.25, 0.3) is 0 Å². The van der Waals surface area contributed by atoms with Gasteiger partial charge in [-0.1, -0.05) is 40.9 Å². The maximum Gasteiger partial charge on any atom is 0.147 e. The van der Waals surface area contributed by atoms with E-state index in [1.807, 2.05) is 6.07 Å². The molecule has 0 spiro atoms. The molecule has 0 fully saturated rings. The molecule has 5 heteroatoms. The zero-order chi connectivity index (χ0) is 13.1. The molecule has 0 amide bonds. The first-order valence-corrected chi connectivity index (χ1v) is 6.74. The smallest absolute Gasteiger partial charge is 0.147 e. The summed E-state index contributed by atoms with van der Waals surface area (Å²) in [5.41, 5.74) is 0.850. The largest absolute Gasteiger partial charge is 0.456 e. The molecule has 1 nitrogen and oxygen atoms in total. The second kappa shape index (κ2) is 6.03. The molecule has 0 heterocycles. The SMILES string of the molecule is ClCc1ccc(Oc2cc(Cl)ccc2Cl)cc1Cl. The molecule has 0 bridgehead atoms. The van der Waals surface area contributed by atoms with E-state index in [-0.39, 0.29) is 0 Å². The number of rotatable bonds is 3. The van der Waals surface area contributed by atoms with Gasteiger partial charge in [-0.2, -0.15) is 0 Å². The van der Waals surface area contributed by atoms with Crippen LogP contribution in [0.15, 0.2) is 36.4 Å². The molecule has 2 aromatic carbocycles. The standard InChI is InChI=1S/C13H8Cl4O/c14-7-8-1-3-10(6-12(8)17)18-13-5-9(15)2-4-11(13)16/h1-6H,7H2. The lowest BCUT2D eigenvalue weighted by atomic mass is 10.2. The highest BCUT2D eigenvalue weighted by atomic mass is 35.5. The second-order valence-electron chi connectivity index (χ2n) is 3.56. The average molecular weight is 322 g/mol. The molecule has 0 atom stereocenters. The third-order valence-corrected chi connectivity index (χ3v) is 3.48. The minimum Gasteiger partial charge on any atom is -0.456 e. The average Bonchev–Trinajstić information content (AvgIpc) is 2.34. The highest BCUT2D eigenvalue weighted by molar-refractivity contribution is 6.34. The number of benzene rings is 2. The van der Waals surface area contributed by atoms with E-state index >= 15 is 0 Å². The van der Waals surface area contributed by atoms with Gasteiger partial charge in [-0.15, -0.1) is 11.6 Å². The van der Waals surface area contributed by atoms with E-state index in [2.05, 4.69) is 0 Å². The van der Waals surface area contributed by atoms with Crippen molar-refractivity contribution in [1.29, 1.82) is 0 Å². The molecule has 0 radical (unpaired) electrons. The van der Waals surface area contributed by atoms with Crippen LogP contribution in [0.2, 0.25) is 15.1 Å². The summed E-state index contributed by atoms with van der Waals surface area (Å²) in [6.07, 6.45) is 0. The van der Waals surface area contributed by atoms with E-state index in [0.29, 0.717) is 32.4 Å². The molecule has 0 aliphatic rings. The predicted molar refractivity (Wildman–Crippen MR) is 77.5 cm³/mol. The first kappa shape index (κ1) is 13.8. The summed E-state index contributed by atoms with van der Waals surface area (Å²) in [6.45, 7) is 0. The van der Waals surface area contributed by atoms with Crippen molar-refractivity contribution in [3.8, 4) is 11.5 Å². The number of hydrogen-bond acceptors (Lipinski definition) is 1.